The van der Waals surface area contributed by atoms with Gasteiger partial charge in [0.2, 0.25) is 0 Å². The van der Waals surface area contributed by atoms with Crippen molar-refractivity contribution in [2.45, 2.75) is 90.8 Å². The van der Waals surface area contributed by atoms with E-state index in [2.05, 4.69) is 20.8 Å². The van der Waals surface area contributed by atoms with Gasteiger partial charge in [0.05, 0.1) is 16.8 Å². The smallest absolute Gasteiger partial charge is 0.335 e. The predicted octanol–water partition coefficient (Wildman–Crippen LogP) is 5.92. The van der Waals surface area contributed by atoms with Gasteiger partial charge in [-0.3, -0.25) is 0 Å². The highest BCUT2D eigenvalue weighted by Crippen LogP contribution is 2.63. The number of fused-ring (bicyclic) bond motifs is 1. The lowest BCUT2D eigenvalue weighted by atomic mass is 9.45. The maximum Gasteiger partial charge on any atom is 0.335 e. The van der Waals surface area contributed by atoms with Crippen LogP contribution in [0.2, 0.25) is 0 Å². The lowest BCUT2D eigenvalue weighted by molar-refractivity contribution is -0.171. The third-order valence-corrected chi connectivity index (χ3v) is 8.49. The first kappa shape index (κ1) is 24.0. The number of hydrogen-bond donors (Lipinski definition) is 3. The van der Waals surface area contributed by atoms with Gasteiger partial charge in [0.1, 0.15) is 0 Å². The molecular formula is C27H40O4. The van der Waals surface area contributed by atoms with Crippen molar-refractivity contribution in [3.63, 3.8) is 0 Å². The molecule has 0 aromatic heterocycles. The highest BCUT2D eigenvalue weighted by Gasteiger charge is 2.57. The van der Waals surface area contributed by atoms with Crippen LogP contribution in [0.25, 0.3) is 6.08 Å². The molecule has 3 N–H and O–H groups in total. The van der Waals surface area contributed by atoms with Crippen molar-refractivity contribution in [1.82, 2.24) is 0 Å². The second kappa shape index (κ2) is 8.37. The van der Waals surface area contributed by atoms with Crippen LogP contribution in [-0.4, -0.2) is 32.5 Å². The van der Waals surface area contributed by atoms with Gasteiger partial charge in [-0.25, -0.2) is 4.79 Å². The first-order chi connectivity index (χ1) is 14.3. The van der Waals surface area contributed by atoms with Crippen LogP contribution >= 0.6 is 0 Å². The van der Waals surface area contributed by atoms with Crippen molar-refractivity contribution in [2.24, 2.45) is 22.7 Å². The summed E-state index contributed by atoms with van der Waals surface area (Å²) in [4.78, 5) is 11.0. The minimum atomic E-state index is -0.991. The molecule has 4 heteroatoms. The molecule has 1 aromatic rings. The van der Waals surface area contributed by atoms with Gasteiger partial charge >= 0.3 is 5.97 Å². The number of carbonyl (C=O) groups is 1. The minimum absolute atomic E-state index is 0.0932. The summed E-state index contributed by atoms with van der Waals surface area (Å²) >= 11 is 0. The Hall–Kier alpha value is -1.65. The van der Waals surface area contributed by atoms with Crippen LogP contribution in [0.5, 0.6) is 0 Å². The van der Waals surface area contributed by atoms with Crippen molar-refractivity contribution < 1.29 is 20.1 Å². The summed E-state index contributed by atoms with van der Waals surface area (Å²) in [6.45, 7) is 11.0. The Morgan fingerprint density at radius 1 is 1.13 bits per heavy atom. The molecule has 0 heterocycles. The van der Waals surface area contributed by atoms with Gasteiger partial charge in [-0.2, -0.15) is 0 Å². The Morgan fingerprint density at radius 2 is 1.77 bits per heavy atom. The number of carboxylic acid groups (broad SMARTS) is 1. The summed E-state index contributed by atoms with van der Waals surface area (Å²) in [5.74, 6) is -0.181. The molecule has 172 valence electrons. The Morgan fingerprint density at radius 3 is 2.39 bits per heavy atom. The molecule has 0 unspecified atom stereocenters. The van der Waals surface area contributed by atoms with Crippen LogP contribution in [0.3, 0.4) is 0 Å². The second-order valence-electron chi connectivity index (χ2n) is 11.5. The molecule has 0 bridgehead atoms. The molecule has 2 aliphatic rings. The first-order valence-corrected chi connectivity index (χ1v) is 11.7. The maximum atomic E-state index is 11.3. The van der Waals surface area contributed by atoms with Crippen LogP contribution < -0.4 is 0 Å². The fourth-order valence-electron chi connectivity index (χ4n) is 6.80. The van der Waals surface area contributed by atoms with Crippen LogP contribution in [0.15, 0.2) is 30.3 Å². The Balaban J connectivity index is 1.73. The van der Waals surface area contributed by atoms with E-state index in [1.165, 1.54) is 12.8 Å². The standard InChI is InChI=1S/C27H40O4/c1-24(2)14-6-15-26(4)21(24)13-18-27(5,31)22(26)12-17-25(3,30)16-11-19-7-9-20(10-8-19)23(28)29/h7-11,16,21-22,30-31H,6,12-15,17-18H2,1-5H3,(H,28,29)/b16-11+/t21-,22+,25-,26-,27+/m0/s1. The number of carboxylic acids is 1. The van der Waals surface area contributed by atoms with E-state index in [1.807, 2.05) is 19.9 Å². The average molecular weight is 429 g/mol. The monoisotopic (exact) mass is 428 g/mol. The quantitative estimate of drug-likeness (QED) is 0.525. The normalized spacial score (nSPS) is 34.8. The van der Waals surface area contributed by atoms with Gasteiger partial charge in [0.15, 0.2) is 0 Å². The first-order valence-electron chi connectivity index (χ1n) is 11.7. The summed E-state index contributed by atoms with van der Waals surface area (Å²) in [6, 6.07) is 6.64. The zero-order valence-corrected chi connectivity index (χ0v) is 19.8. The molecule has 2 aliphatic carbocycles. The minimum Gasteiger partial charge on any atom is -0.478 e. The predicted molar refractivity (Wildman–Crippen MR) is 125 cm³/mol. The number of benzene rings is 1. The SMILES string of the molecule is CC1(C)CCC[C@]2(C)[C@@H](CC[C@@](C)(O)/C=C/c3ccc(C(=O)O)cc3)[C@](C)(O)CC[C@@H]12. The molecule has 0 amide bonds. The molecule has 0 saturated heterocycles. The van der Waals surface area contributed by atoms with Crippen molar-refractivity contribution in [1.29, 1.82) is 0 Å². The zero-order valence-electron chi connectivity index (χ0n) is 19.8. The second-order valence-corrected chi connectivity index (χ2v) is 11.5. The summed E-state index contributed by atoms with van der Waals surface area (Å²) in [6.07, 6.45) is 10.5. The van der Waals surface area contributed by atoms with Gasteiger partial charge in [0, 0.05) is 0 Å². The van der Waals surface area contributed by atoms with Crippen LogP contribution in [0, 0.1) is 22.7 Å². The van der Waals surface area contributed by atoms with E-state index in [1.54, 1.807) is 30.3 Å². The third-order valence-electron chi connectivity index (χ3n) is 8.49. The van der Waals surface area contributed by atoms with Gasteiger partial charge in [-0.05, 0) is 92.7 Å². The van der Waals surface area contributed by atoms with E-state index < -0.39 is 17.2 Å². The lowest BCUT2D eigenvalue weighted by Crippen LogP contribution is -2.57. The highest BCUT2D eigenvalue weighted by molar-refractivity contribution is 5.87. The molecule has 3 rings (SSSR count). The van der Waals surface area contributed by atoms with Crippen molar-refractivity contribution in [2.75, 3.05) is 0 Å². The topological polar surface area (TPSA) is 77.8 Å². The Labute approximate surface area is 187 Å². The summed E-state index contributed by atoms with van der Waals surface area (Å²) < 4.78 is 0. The van der Waals surface area contributed by atoms with E-state index in [0.717, 1.165) is 31.2 Å². The molecule has 31 heavy (non-hydrogen) atoms. The van der Waals surface area contributed by atoms with Crippen LogP contribution in [0.1, 0.15) is 95.5 Å². The van der Waals surface area contributed by atoms with Gasteiger partial charge in [-0.1, -0.05) is 51.5 Å². The number of aliphatic hydroxyl groups is 2. The average Bonchev–Trinajstić information content (AvgIpc) is 2.65. The highest BCUT2D eigenvalue weighted by atomic mass is 16.4. The Bertz CT molecular complexity index is 818. The van der Waals surface area contributed by atoms with E-state index in [4.69, 9.17) is 5.11 Å². The fraction of sp³-hybridized carbons (Fsp3) is 0.667. The van der Waals surface area contributed by atoms with E-state index >= 15 is 0 Å². The maximum absolute atomic E-state index is 11.3. The number of hydrogen-bond acceptors (Lipinski definition) is 3. The van der Waals surface area contributed by atoms with Gasteiger partial charge in [-0.15, -0.1) is 0 Å². The lowest BCUT2D eigenvalue weighted by Gasteiger charge is -2.61. The van der Waals surface area contributed by atoms with Gasteiger partial charge in [0.25, 0.3) is 0 Å². The third kappa shape index (κ3) is 5.06. The Kier molecular flexibility index (Phi) is 6.48. The van der Waals surface area contributed by atoms with Crippen molar-refractivity contribution in [3.05, 3.63) is 41.5 Å². The van der Waals surface area contributed by atoms with E-state index in [9.17, 15) is 15.0 Å². The summed E-state index contributed by atoms with van der Waals surface area (Å²) in [7, 11) is 0. The molecule has 1 aromatic carbocycles. The molecular weight excluding hydrogens is 388 g/mol. The number of rotatable bonds is 6. The fourth-order valence-corrected chi connectivity index (χ4v) is 6.80. The molecule has 2 fully saturated rings. The molecule has 0 aliphatic heterocycles. The van der Waals surface area contributed by atoms with Gasteiger partial charge < -0.3 is 15.3 Å². The molecule has 5 atom stereocenters. The van der Waals surface area contributed by atoms with E-state index in [0.29, 0.717) is 17.8 Å². The van der Waals surface area contributed by atoms with Crippen LogP contribution in [-0.2, 0) is 0 Å². The molecule has 4 nitrogen and oxygen atoms in total. The largest absolute Gasteiger partial charge is 0.478 e. The van der Waals surface area contributed by atoms with Crippen molar-refractivity contribution >= 4 is 12.0 Å². The molecule has 0 radical (unpaired) electrons. The summed E-state index contributed by atoms with van der Waals surface area (Å²) in [5.41, 5.74) is -0.194. The zero-order chi connectivity index (χ0) is 23.1. The van der Waals surface area contributed by atoms with E-state index in [-0.39, 0.29) is 16.9 Å². The molecule has 0 spiro atoms. The van der Waals surface area contributed by atoms with Crippen molar-refractivity contribution in [3.8, 4) is 0 Å². The molecule has 2 saturated carbocycles. The summed E-state index contributed by atoms with van der Waals surface area (Å²) in [5, 5.41) is 31.4. The van der Waals surface area contributed by atoms with Crippen LogP contribution in [0.4, 0.5) is 0 Å². The number of aromatic carboxylic acids is 1.